The van der Waals surface area contributed by atoms with E-state index in [0.717, 1.165) is 27.0 Å². The molecule has 0 bridgehead atoms. The van der Waals surface area contributed by atoms with Crippen molar-refractivity contribution in [3.8, 4) is 11.3 Å². The van der Waals surface area contributed by atoms with E-state index in [1.165, 1.54) is 11.8 Å². The number of carbonyl (C=O) groups is 3. The molecule has 1 fully saturated rings. The van der Waals surface area contributed by atoms with Gasteiger partial charge in [0, 0.05) is 16.3 Å². The fourth-order valence-electron chi connectivity index (χ4n) is 4.32. The van der Waals surface area contributed by atoms with Gasteiger partial charge in [-0.15, -0.1) is 10.2 Å². The van der Waals surface area contributed by atoms with E-state index in [1.54, 1.807) is 24.3 Å². The molecule has 5 rings (SSSR count). The highest BCUT2D eigenvalue weighted by atomic mass is 32.2. The molecule has 1 saturated heterocycles. The maximum atomic E-state index is 13.2. The Morgan fingerprint density at radius 1 is 0.917 bits per heavy atom. The third kappa shape index (κ3) is 4.18. The van der Waals surface area contributed by atoms with Gasteiger partial charge in [0.05, 0.1) is 5.75 Å². The Morgan fingerprint density at radius 2 is 1.56 bits per heavy atom. The number of amides is 4. The van der Waals surface area contributed by atoms with Gasteiger partial charge < -0.3 is 5.32 Å². The van der Waals surface area contributed by atoms with Crippen LogP contribution in [-0.4, -0.2) is 38.8 Å². The van der Waals surface area contributed by atoms with E-state index < -0.39 is 23.4 Å². The van der Waals surface area contributed by atoms with E-state index in [1.807, 2.05) is 67.6 Å². The lowest BCUT2D eigenvalue weighted by Gasteiger charge is -2.25. The minimum Gasteiger partial charge on any atom is -0.318 e. The zero-order valence-corrected chi connectivity index (χ0v) is 20.3. The van der Waals surface area contributed by atoms with Crippen molar-refractivity contribution in [1.29, 1.82) is 0 Å². The van der Waals surface area contributed by atoms with Gasteiger partial charge in [-0.2, -0.15) is 5.01 Å². The van der Waals surface area contributed by atoms with Crippen molar-refractivity contribution < 1.29 is 14.4 Å². The van der Waals surface area contributed by atoms with Crippen molar-refractivity contribution in [1.82, 2.24) is 25.9 Å². The van der Waals surface area contributed by atoms with Crippen LogP contribution in [0.15, 0.2) is 90.0 Å². The van der Waals surface area contributed by atoms with Gasteiger partial charge in [-0.1, -0.05) is 104 Å². The Labute approximate surface area is 212 Å². The van der Waals surface area contributed by atoms with Gasteiger partial charge in [0.2, 0.25) is 5.91 Å². The zero-order chi connectivity index (χ0) is 25.1. The molecule has 0 aliphatic carbocycles. The summed E-state index contributed by atoms with van der Waals surface area (Å²) in [5.41, 5.74) is 3.62. The molecule has 4 aromatic rings. The Hall–Kier alpha value is -4.24. The number of carbonyl (C=O) groups excluding carboxylic acids is 3. The summed E-state index contributed by atoms with van der Waals surface area (Å²) in [6.07, 6.45) is 0.345. The Balaban J connectivity index is 1.32. The molecular formula is C27H23N5O3S. The normalized spacial score (nSPS) is 17.3. The van der Waals surface area contributed by atoms with E-state index in [2.05, 4.69) is 20.9 Å². The molecule has 1 atom stereocenters. The van der Waals surface area contributed by atoms with E-state index in [0.29, 0.717) is 17.0 Å². The lowest BCUT2D eigenvalue weighted by molar-refractivity contribution is -0.138. The predicted octanol–water partition coefficient (Wildman–Crippen LogP) is 4.28. The summed E-state index contributed by atoms with van der Waals surface area (Å²) in [4.78, 5) is 38.6. The van der Waals surface area contributed by atoms with Crippen LogP contribution in [0.4, 0.5) is 4.79 Å². The first-order chi connectivity index (χ1) is 17.5. The van der Waals surface area contributed by atoms with Crippen LogP contribution in [-0.2, 0) is 15.1 Å². The number of fused-ring (bicyclic) bond motifs is 1. The average Bonchev–Trinajstić information content (AvgIpc) is 3.17. The summed E-state index contributed by atoms with van der Waals surface area (Å²) in [7, 11) is 0. The molecule has 3 aromatic carbocycles. The molecule has 180 valence electrons. The fraction of sp³-hybridized carbons (Fsp3) is 0.148. The lowest BCUT2D eigenvalue weighted by Crippen LogP contribution is -2.49. The van der Waals surface area contributed by atoms with Gasteiger partial charge in [0.15, 0.2) is 0 Å². The van der Waals surface area contributed by atoms with Crippen molar-refractivity contribution in [3.63, 3.8) is 0 Å². The largest absolute Gasteiger partial charge is 0.344 e. The second-order valence-electron chi connectivity index (χ2n) is 8.28. The second kappa shape index (κ2) is 9.79. The monoisotopic (exact) mass is 497 g/mol. The van der Waals surface area contributed by atoms with Crippen LogP contribution in [0, 0.1) is 0 Å². The Bertz CT molecular complexity index is 1450. The van der Waals surface area contributed by atoms with Crippen LogP contribution in [0.3, 0.4) is 0 Å². The van der Waals surface area contributed by atoms with E-state index in [-0.39, 0.29) is 5.75 Å². The first-order valence-corrected chi connectivity index (χ1v) is 12.5. The summed E-state index contributed by atoms with van der Waals surface area (Å²) >= 11 is 1.19. The van der Waals surface area contributed by atoms with Crippen LogP contribution in [0.5, 0.6) is 0 Å². The smallest absolute Gasteiger partial charge is 0.318 e. The predicted molar refractivity (Wildman–Crippen MR) is 138 cm³/mol. The summed E-state index contributed by atoms with van der Waals surface area (Å²) in [6, 6.07) is 25.9. The van der Waals surface area contributed by atoms with Gasteiger partial charge in [0.25, 0.3) is 5.91 Å². The molecule has 8 nitrogen and oxygen atoms in total. The molecule has 1 aliphatic heterocycles. The quantitative estimate of drug-likeness (QED) is 0.292. The van der Waals surface area contributed by atoms with Crippen LogP contribution < -0.4 is 10.7 Å². The molecule has 36 heavy (non-hydrogen) atoms. The van der Waals surface area contributed by atoms with Gasteiger partial charge in [-0.25, -0.2) is 4.79 Å². The van der Waals surface area contributed by atoms with Crippen LogP contribution in [0.2, 0.25) is 0 Å². The topological polar surface area (TPSA) is 104 Å². The molecule has 0 radical (unpaired) electrons. The highest BCUT2D eigenvalue weighted by molar-refractivity contribution is 8.00. The summed E-state index contributed by atoms with van der Waals surface area (Å²) in [5, 5.41) is 14.7. The third-order valence-electron chi connectivity index (χ3n) is 6.17. The number of thioether (sulfide) groups is 1. The summed E-state index contributed by atoms with van der Waals surface area (Å²) < 4.78 is 0. The molecule has 0 saturated carbocycles. The molecule has 1 unspecified atom stereocenters. The first kappa shape index (κ1) is 23.5. The number of benzene rings is 3. The molecule has 4 amide bonds. The number of hydrogen-bond donors (Lipinski definition) is 2. The molecular weight excluding hydrogens is 474 g/mol. The first-order valence-electron chi connectivity index (χ1n) is 11.5. The number of hydrazine groups is 1. The highest BCUT2D eigenvalue weighted by Gasteiger charge is 2.52. The average molecular weight is 498 g/mol. The van der Waals surface area contributed by atoms with Crippen molar-refractivity contribution in [2.45, 2.75) is 23.9 Å². The molecule has 1 aromatic heterocycles. The van der Waals surface area contributed by atoms with Gasteiger partial charge >= 0.3 is 6.03 Å². The maximum Gasteiger partial charge on any atom is 0.344 e. The van der Waals surface area contributed by atoms with Crippen molar-refractivity contribution >= 4 is 40.4 Å². The number of nitrogens with zero attached hydrogens (tertiary/aromatic N) is 3. The van der Waals surface area contributed by atoms with Crippen LogP contribution >= 0.6 is 11.8 Å². The van der Waals surface area contributed by atoms with E-state index >= 15 is 0 Å². The van der Waals surface area contributed by atoms with E-state index in [9.17, 15) is 14.4 Å². The lowest BCUT2D eigenvalue weighted by atomic mass is 9.87. The Morgan fingerprint density at radius 3 is 2.25 bits per heavy atom. The second-order valence-corrected chi connectivity index (χ2v) is 9.25. The number of rotatable bonds is 7. The van der Waals surface area contributed by atoms with Gasteiger partial charge in [-0.05, 0) is 12.0 Å². The van der Waals surface area contributed by atoms with E-state index in [4.69, 9.17) is 0 Å². The minimum atomic E-state index is -1.21. The molecule has 9 heteroatoms. The minimum absolute atomic E-state index is 0.0507. The Kier molecular flexibility index (Phi) is 6.39. The molecule has 2 heterocycles. The zero-order valence-electron chi connectivity index (χ0n) is 19.5. The molecule has 2 N–H and O–H groups in total. The number of urea groups is 1. The molecule has 0 spiro atoms. The molecule has 1 aliphatic rings. The fourth-order valence-corrected chi connectivity index (χ4v) is 5.09. The SMILES string of the molecule is CCC1(c2ccccc2)NC(=O)N(NC(=O)CSc2nnc(-c3ccccc3)c3ccccc23)C1=O. The van der Waals surface area contributed by atoms with Crippen molar-refractivity contribution in [2.24, 2.45) is 0 Å². The van der Waals surface area contributed by atoms with Crippen LogP contribution in [0.1, 0.15) is 18.9 Å². The highest BCUT2D eigenvalue weighted by Crippen LogP contribution is 2.33. The summed E-state index contributed by atoms with van der Waals surface area (Å²) in [5.74, 6) is -1.07. The van der Waals surface area contributed by atoms with Crippen LogP contribution in [0.25, 0.3) is 22.0 Å². The maximum absolute atomic E-state index is 13.2. The van der Waals surface area contributed by atoms with Gasteiger partial charge in [-0.3, -0.25) is 15.0 Å². The third-order valence-corrected chi connectivity index (χ3v) is 7.15. The number of imide groups is 1. The standard InChI is InChI=1S/C27H23N5O3S/c1-2-27(19-13-7-4-8-14-19)25(34)32(26(35)28-27)31-22(33)17-36-24-21-16-10-9-15-20(21)23(29-30-24)18-11-5-3-6-12-18/h3-16H,2,17H2,1H3,(H,28,35)(H,31,33). The van der Waals surface area contributed by atoms with Crippen molar-refractivity contribution in [3.05, 3.63) is 90.5 Å². The number of hydrogen-bond acceptors (Lipinski definition) is 6. The van der Waals surface area contributed by atoms with Crippen molar-refractivity contribution in [2.75, 3.05) is 5.75 Å². The number of nitrogens with one attached hydrogen (secondary N) is 2. The number of aromatic nitrogens is 2. The van der Waals surface area contributed by atoms with Gasteiger partial charge in [0.1, 0.15) is 16.3 Å². The summed E-state index contributed by atoms with van der Waals surface area (Å²) in [6.45, 7) is 1.81.